The molecule has 0 saturated heterocycles. The SMILES string of the molecule is CC1=Nc2c(Cl)cnn2C(c2ccc(Cl)c(Cl)c2)C1C(=O)N(C)c1ccccc1. The molecule has 1 aliphatic rings. The molecule has 5 nitrogen and oxygen atoms in total. The topological polar surface area (TPSA) is 50.5 Å². The lowest BCUT2D eigenvalue weighted by Crippen LogP contribution is -2.43. The fraction of sp³-hybridized carbons (Fsp3) is 0.190. The van der Waals surface area contributed by atoms with E-state index in [1.807, 2.05) is 43.3 Å². The molecule has 1 aliphatic heterocycles. The first-order valence-corrected chi connectivity index (χ1v) is 10.1. The number of rotatable bonds is 3. The molecule has 0 radical (unpaired) electrons. The summed E-state index contributed by atoms with van der Waals surface area (Å²) >= 11 is 18.7. The number of halogens is 3. The first kappa shape index (κ1) is 20.0. The van der Waals surface area contributed by atoms with Crippen LogP contribution in [0.4, 0.5) is 11.5 Å². The van der Waals surface area contributed by atoms with Gasteiger partial charge in [-0.25, -0.2) is 9.67 Å². The molecule has 0 bridgehead atoms. The van der Waals surface area contributed by atoms with E-state index >= 15 is 0 Å². The van der Waals surface area contributed by atoms with Crippen LogP contribution in [-0.2, 0) is 4.79 Å². The zero-order valence-electron chi connectivity index (χ0n) is 15.7. The van der Waals surface area contributed by atoms with Gasteiger partial charge in [0.2, 0.25) is 5.91 Å². The number of aromatic nitrogens is 2. The van der Waals surface area contributed by atoms with Gasteiger partial charge in [0.25, 0.3) is 0 Å². The largest absolute Gasteiger partial charge is 0.315 e. The van der Waals surface area contributed by atoms with Crippen LogP contribution in [0.1, 0.15) is 18.5 Å². The van der Waals surface area contributed by atoms with Crippen LogP contribution in [0.5, 0.6) is 0 Å². The Labute approximate surface area is 183 Å². The quantitative estimate of drug-likeness (QED) is 0.508. The molecule has 4 rings (SSSR count). The Morgan fingerprint density at radius 2 is 1.76 bits per heavy atom. The molecule has 8 heteroatoms. The molecule has 148 valence electrons. The van der Waals surface area contributed by atoms with E-state index in [2.05, 4.69) is 10.1 Å². The number of anilines is 1. The lowest BCUT2D eigenvalue weighted by Gasteiger charge is -2.34. The highest BCUT2D eigenvalue weighted by Gasteiger charge is 2.40. The number of hydrogen-bond donors (Lipinski definition) is 0. The van der Waals surface area contributed by atoms with E-state index in [0.717, 1.165) is 11.3 Å². The molecule has 0 N–H and O–H groups in total. The lowest BCUT2D eigenvalue weighted by atomic mass is 9.87. The van der Waals surface area contributed by atoms with Crippen LogP contribution < -0.4 is 4.90 Å². The Morgan fingerprint density at radius 3 is 2.45 bits per heavy atom. The maximum atomic E-state index is 13.6. The van der Waals surface area contributed by atoms with Crippen molar-refractivity contribution in [1.82, 2.24) is 9.78 Å². The molecule has 2 aromatic carbocycles. The summed E-state index contributed by atoms with van der Waals surface area (Å²) in [5.41, 5.74) is 2.25. The van der Waals surface area contributed by atoms with Gasteiger partial charge < -0.3 is 4.90 Å². The van der Waals surface area contributed by atoms with Crippen molar-refractivity contribution in [3.8, 4) is 0 Å². The number of carbonyl (C=O) groups excluding carboxylic acids is 1. The Hall–Kier alpha value is -2.34. The summed E-state index contributed by atoms with van der Waals surface area (Å²) in [7, 11) is 1.75. The smallest absolute Gasteiger partial charge is 0.238 e. The van der Waals surface area contributed by atoms with Crippen LogP contribution >= 0.6 is 34.8 Å². The Kier molecular flexibility index (Phi) is 5.38. The van der Waals surface area contributed by atoms with E-state index in [9.17, 15) is 4.79 Å². The van der Waals surface area contributed by atoms with E-state index < -0.39 is 12.0 Å². The highest BCUT2D eigenvalue weighted by atomic mass is 35.5. The molecule has 3 aromatic rings. The van der Waals surface area contributed by atoms with Crippen LogP contribution in [0.25, 0.3) is 0 Å². The second kappa shape index (κ2) is 7.82. The lowest BCUT2D eigenvalue weighted by molar-refractivity contribution is -0.121. The minimum absolute atomic E-state index is 0.106. The van der Waals surface area contributed by atoms with Crippen molar-refractivity contribution in [2.24, 2.45) is 10.9 Å². The van der Waals surface area contributed by atoms with E-state index in [1.54, 1.807) is 28.8 Å². The predicted octanol–water partition coefficient (Wildman–Crippen LogP) is 5.82. The minimum Gasteiger partial charge on any atom is -0.315 e. The molecule has 29 heavy (non-hydrogen) atoms. The summed E-state index contributed by atoms with van der Waals surface area (Å²) in [6.07, 6.45) is 1.53. The Bertz CT molecular complexity index is 1110. The number of amides is 1. The highest BCUT2D eigenvalue weighted by molar-refractivity contribution is 6.42. The average molecular weight is 448 g/mol. The van der Waals surface area contributed by atoms with Gasteiger partial charge in [0.15, 0.2) is 5.82 Å². The summed E-state index contributed by atoms with van der Waals surface area (Å²) < 4.78 is 1.68. The van der Waals surface area contributed by atoms with E-state index in [-0.39, 0.29) is 5.91 Å². The van der Waals surface area contributed by atoms with Crippen molar-refractivity contribution >= 4 is 57.9 Å². The van der Waals surface area contributed by atoms with Crippen molar-refractivity contribution in [1.29, 1.82) is 0 Å². The van der Waals surface area contributed by atoms with Gasteiger partial charge in [-0.2, -0.15) is 5.10 Å². The van der Waals surface area contributed by atoms with Crippen molar-refractivity contribution in [2.75, 3.05) is 11.9 Å². The number of carbonyl (C=O) groups is 1. The molecule has 0 saturated carbocycles. The summed E-state index contributed by atoms with van der Waals surface area (Å²) in [6.45, 7) is 1.83. The summed E-state index contributed by atoms with van der Waals surface area (Å²) in [4.78, 5) is 19.8. The van der Waals surface area contributed by atoms with Crippen molar-refractivity contribution in [3.05, 3.63) is 75.4 Å². The molecule has 1 amide bonds. The van der Waals surface area contributed by atoms with Crippen LogP contribution in [0.15, 0.2) is 59.7 Å². The van der Waals surface area contributed by atoms with Crippen molar-refractivity contribution < 1.29 is 4.79 Å². The van der Waals surface area contributed by atoms with Crippen LogP contribution in [0, 0.1) is 5.92 Å². The van der Waals surface area contributed by atoms with Gasteiger partial charge in [-0.1, -0.05) is 59.1 Å². The average Bonchev–Trinajstić information content (AvgIpc) is 3.09. The van der Waals surface area contributed by atoms with E-state index in [1.165, 1.54) is 6.20 Å². The summed E-state index contributed by atoms with van der Waals surface area (Å²) in [6, 6.07) is 14.3. The fourth-order valence-electron chi connectivity index (χ4n) is 3.58. The standard InChI is InChI=1S/C21H17Cl3N4O/c1-12-18(21(29)27(2)14-6-4-3-5-7-14)19(13-8-9-15(22)16(23)10-13)28-20(26-12)17(24)11-25-28/h3-11,18-19H,1-2H3. The molecule has 1 aromatic heterocycles. The van der Waals surface area contributed by atoms with Gasteiger partial charge in [0.1, 0.15) is 10.9 Å². The summed E-state index contributed by atoms with van der Waals surface area (Å²) in [5, 5.41) is 5.68. The monoisotopic (exact) mass is 446 g/mol. The van der Waals surface area contributed by atoms with Gasteiger partial charge in [-0.15, -0.1) is 0 Å². The Balaban J connectivity index is 1.84. The number of fused-ring (bicyclic) bond motifs is 1. The zero-order valence-corrected chi connectivity index (χ0v) is 17.9. The first-order chi connectivity index (χ1) is 13.9. The molecule has 2 atom stereocenters. The van der Waals surface area contributed by atoms with Gasteiger partial charge in [-0.05, 0) is 36.8 Å². The van der Waals surface area contributed by atoms with Crippen LogP contribution in [-0.4, -0.2) is 28.4 Å². The third-order valence-corrected chi connectivity index (χ3v) is 6.07. The zero-order chi connectivity index (χ0) is 20.7. The Morgan fingerprint density at radius 1 is 1.03 bits per heavy atom. The molecular weight excluding hydrogens is 431 g/mol. The summed E-state index contributed by atoms with van der Waals surface area (Å²) in [5.74, 6) is -0.168. The van der Waals surface area contributed by atoms with Gasteiger partial charge in [0.05, 0.1) is 22.3 Å². The second-order valence-corrected chi connectivity index (χ2v) is 8.06. The van der Waals surface area contributed by atoms with Crippen LogP contribution in [0.3, 0.4) is 0 Å². The van der Waals surface area contributed by atoms with Crippen molar-refractivity contribution in [2.45, 2.75) is 13.0 Å². The third-order valence-electron chi connectivity index (χ3n) is 5.06. The van der Waals surface area contributed by atoms with E-state index in [0.29, 0.717) is 26.6 Å². The van der Waals surface area contributed by atoms with Gasteiger partial charge in [-0.3, -0.25) is 4.79 Å². The maximum Gasteiger partial charge on any atom is 0.238 e. The number of para-hydroxylation sites is 1. The molecule has 2 unspecified atom stereocenters. The minimum atomic E-state index is -0.582. The third kappa shape index (κ3) is 3.54. The number of benzene rings is 2. The van der Waals surface area contributed by atoms with Gasteiger partial charge >= 0.3 is 0 Å². The first-order valence-electron chi connectivity index (χ1n) is 8.94. The van der Waals surface area contributed by atoms with Crippen molar-refractivity contribution in [3.63, 3.8) is 0 Å². The normalized spacial score (nSPS) is 18.2. The second-order valence-electron chi connectivity index (χ2n) is 6.84. The number of aliphatic imine (C=N–C) groups is 1. The number of nitrogens with zero attached hydrogens (tertiary/aromatic N) is 4. The maximum absolute atomic E-state index is 13.6. The molecule has 0 fully saturated rings. The molecule has 2 heterocycles. The number of hydrogen-bond acceptors (Lipinski definition) is 3. The highest BCUT2D eigenvalue weighted by Crippen LogP contribution is 2.41. The predicted molar refractivity (Wildman–Crippen MR) is 118 cm³/mol. The fourth-order valence-corrected chi connectivity index (χ4v) is 4.06. The van der Waals surface area contributed by atoms with E-state index in [4.69, 9.17) is 34.8 Å². The molecule has 0 aliphatic carbocycles. The molecule has 0 spiro atoms. The van der Waals surface area contributed by atoms with Crippen LogP contribution in [0.2, 0.25) is 15.1 Å². The van der Waals surface area contributed by atoms with Gasteiger partial charge in [0, 0.05) is 18.4 Å². The molecular formula is C21H17Cl3N4O.